The number of hydrogen-bond acceptors (Lipinski definition) is 3. The third-order valence-corrected chi connectivity index (χ3v) is 4.26. The molecule has 5 nitrogen and oxygen atoms in total. The van der Waals surface area contributed by atoms with Crippen LogP contribution in [0.3, 0.4) is 0 Å². The number of aryl methyl sites for hydroxylation is 1. The van der Waals surface area contributed by atoms with Crippen molar-refractivity contribution in [3.63, 3.8) is 0 Å². The van der Waals surface area contributed by atoms with Crippen LogP contribution in [0.5, 0.6) is 11.5 Å². The van der Waals surface area contributed by atoms with Gasteiger partial charge in [0, 0.05) is 29.6 Å². The van der Waals surface area contributed by atoms with Gasteiger partial charge in [-0.2, -0.15) is 0 Å². The van der Waals surface area contributed by atoms with E-state index in [0.717, 1.165) is 11.4 Å². The van der Waals surface area contributed by atoms with E-state index in [9.17, 15) is 4.79 Å². The third kappa shape index (κ3) is 3.36. The summed E-state index contributed by atoms with van der Waals surface area (Å²) in [7, 11) is 3.05. The predicted octanol–water partition coefficient (Wildman–Crippen LogP) is 4.61. The highest BCUT2D eigenvalue weighted by atomic mass is 35.5. The number of rotatable bonds is 5. The molecule has 1 amide bonds. The fraction of sp³-hybridized carbons (Fsp3) is 0.389. The Kier molecular flexibility index (Phi) is 5.44. The standard InChI is InChI=1S/C18H23ClN2O3/c1-10(2)21-11(3)7-13(12(21)4)18(22)20-15-9-16(23-5)14(19)8-17(15)24-6/h7-10H,1-6H3,(H,20,22). The lowest BCUT2D eigenvalue weighted by atomic mass is 10.2. The van der Waals surface area contributed by atoms with E-state index in [2.05, 4.69) is 23.7 Å². The van der Waals surface area contributed by atoms with Crippen LogP contribution in [0.1, 0.15) is 41.6 Å². The van der Waals surface area contributed by atoms with E-state index >= 15 is 0 Å². The van der Waals surface area contributed by atoms with E-state index < -0.39 is 0 Å². The van der Waals surface area contributed by atoms with Crippen LogP contribution in [0, 0.1) is 13.8 Å². The molecule has 0 radical (unpaired) electrons. The van der Waals surface area contributed by atoms with Crippen LogP contribution in [-0.4, -0.2) is 24.7 Å². The Labute approximate surface area is 147 Å². The molecule has 2 aromatic rings. The molecule has 0 unspecified atom stereocenters. The Morgan fingerprint density at radius 2 is 1.75 bits per heavy atom. The van der Waals surface area contributed by atoms with Crippen LogP contribution in [0.4, 0.5) is 5.69 Å². The van der Waals surface area contributed by atoms with Crippen molar-refractivity contribution in [1.82, 2.24) is 4.57 Å². The predicted molar refractivity (Wildman–Crippen MR) is 96.8 cm³/mol. The van der Waals surface area contributed by atoms with E-state index in [-0.39, 0.29) is 11.9 Å². The Hall–Kier alpha value is -2.14. The molecule has 0 bridgehead atoms. The highest BCUT2D eigenvalue weighted by molar-refractivity contribution is 6.32. The summed E-state index contributed by atoms with van der Waals surface area (Å²) in [6, 6.07) is 5.45. The number of benzene rings is 1. The van der Waals surface area contributed by atoms with Gasteiger partial charge in [-0.05, 0) is 33.8 Å². The SMILES string of the molecule is COc1cc(NC(=O)c2cc(C)n(C(C)C)c2C)c(OC)cc1Cl. The zero-order valence-electron chi connectivity index (χ0n) is 14.9. The van der Waals surface area contributed by atoms with Crippen LogP contribution in [0.15, 0.2) is 18.2 Å². The Morgan fingerprint density at radius 1 is 1.12 bits per heavy atom. The molecule has 130 valence electrons. The monoisotopic (exact) mass is 350 g/mol. The molecule has 0 spiro atoms. The third-order valence-electron chi connectivity index (χ3n) is 3.97. The molecule has 0 aliphatic heterocycles. The fourth-order valence-corrected chi connectivity index (χ4v) is 3.18. The first-order valence-electron chi connectivity index (χ1n) is 7.71. The number of nitrogens with zero attached hydrogens (tertiary/aromatic N) is 1. The summed E-state index contributed by atoms with van der Waals surface area (Å²) in [5, 5.41) is 3.31. The van der Waals surface area contributed by atoms with E-state index in [1.165, 1.54) is 14.2 Å². The lowest BCUT2D eigenvalue weighted by Crippen LogP contribution is -2.14. The minimum atomic E-state index is -0.197. The van der Waals surface area contributed by atoms with Crippen LogP contribution >= 0.6 is 11.6 Å². The zero-order chi connectivity index (χ0) is 18.0. The number of carbonyl (C=O) groups excluding carboxylic acids is 1. The number of aromatic nitrogens is 1. The molecular weight excluding hydrogens is 328 g/mol. The summed E-state index contributed by atoms with van der Waals surface area (Å²) in [5.41, 5.74) is 3.13. The lowest BCUT2D eigenvalue weighted by Gasteiger charge is -2.15. The van der Waals surface area contributed by atoms with E-state index in [4.69, 9.17) is 21.1 Å². The van der Waals surface area contributed by atoms with Gasteiger partial charge in [0.25, 0.3) is 5.91 Å². The topological polar surface area (TPSA) is 52.5 Å². The fourth-order valence-electron chi connectivity index (χ4n) is 2.95. The van der Waals surface area contributed by atoms with E-state index in [1.54, 1.807) is 12.1 Å². The second-order valence-corrected chi connectivity index (χ2v) is 6.30. The molecule has 2 rings (SSSR count). The maximum atomic E-state index is 12.7. The number of ether oxygens (including phenoxy) is 2. The van der Waals surface area contributed by atoms with Gasteiger partial charge < -0.3 is 19.4 Å². The maximum absolute atomic E-state index is 12.7. The first-order chi connectivity index (χ1) is 11.3. The molecule has 24 heavy (non-hydrogen) atoms. The number of hydrogen-bond donors (Lipinski definition) is 1. The molecule has 0 aliphatic rings. The van der Waals surface area contributed by atoms with Crippen LogP contribution in [-0.2, 0) is 0 Å². The first kappa shape index (κ1) is 18.2. The zero-order valence-corrected chi connectivity index (χ0v) is 15.6. The first-order valence-corrected chi connectivity index (χ1v) is 8.09. The summed E-state index contributed by atoms with van der Waals surface area (Å²) in [4.78, 5) is 12.7. The van der Waals surface area contributed by atoms with Crippen molar-refractivity contribution >= 4 is 23.2 Å². The minimum absolute atomic E-state index is 0.197. The molecule has 1 heterocycles. The van der Waals surface area contributed by atoms with Crippen LogP contribution in [0.25, 0.3) is 0 Å². The van der Waals surface area contributed by atoms with Crippen molar-refractivity contribution in [1.29, 1.82) is 0 Å². The Balaban J connectivity index is 2.39. The number of amides is 1. The highest BCUT2D eigenvalue weighted by Crippen LogP contribution is 2.36. The molecule has 1 aromatic heterocycles. The molecule has 1 N–H and O–H groups in total. The summed E-state index contributed by atoms with van der Waals surface area (Å²) in [5.74, 6) is 0.755. The van der Waals surface area contributed by atoms with E-state index in [0.29, 0.717) is 27.8 Å². The van der Waals surface area contributed by atoms with Crippen molar-refractivity contribution in [2.75, 3.05) is 19.5 Å². The number of halogens is 1. The molecule has 0 fully saturated rings. The summed E-state index contributed by atoms with van der Waals surface area (Å²) < 4.78 is 12.6. The Morgan fingerprint density at radius 3 is 2.25 bits per heavy atom. The van der Waals surface area contributed by atoms with Crippen molar-refractivity contribution < 1.29 is 14.3 Å². The second kappa shape index (κ2) is 7.18. The molecule has 0 aliphatic carbocycles. The quantitative estimate of drug-likeness (QED) is 0.856. The van der Waals surface area contributed by atoms with Gasteiger partial charge in [0.2, 0.25) is 0 Å². The molecule has 1 aromatic carbocycles. The van der Waals surface area contributed by atoms with E-state index in [1.807, 2.05) is 19.9 Å². The summed E-state index contributed by atoms with van der Waals surface area (Å²) >= 11 is 6.10. The van der Waals surface area contributed by atoms with Crippen LogP contribution < -0.4 is 14.8 Å². The summed E-state index contributed by atoms with van der Waals surface area (Å²) in [6.07, 6.45) is 0. The highest BCUT2D eigenvalue weighted by Gasteiger charge is 2.19. The number of nitrogens with one attached hydrogen (secondary N) is 1. The largest absolute Gasteiger partial charge is 0.495 e. The van der Waals surface area contributed by atoms with Crippen molar-refractivity contribution in [3.05, 3.63) is 40.2 Å². The van der Waals surface area contributed by atoms with Gasteiger partial charge in [0.1, 0.15) is 11.5 Å². The van der Waals surface area contributed by atoms with Crippen molar-refractivity contribution in [2.24, 2.45) is 0 Å². The van der Waals surface area contributed by atoms with Gasteiger partial charge in [-0.3, -0.25) is 4.79 Å². The average molecular weight is 351 g/mol. The van der Waals surface area contributed by atoms with Crippen LogP contribution in [0.2, 0.25) is 5.02 Å². The molecule has 0 saturated heterocycles. The number of anilines is 1. The van der Waals surface area contributed by atoms with Gasteiger partial charge in [0.05, 0.1) is 30.5 Å². The van der Waals surface area contributed by atoms with Gasteiger partial charge >= 0.3 is 0 Å². The molecule has 0 saturated carbocycles. The van der Waals surface area contributed by atoms with Gasteiger partial charge in [0.15, 0.2) is 0 Å². The number of carbonyl (C=O) groups is 1. The minimum Gasteiger partial charge on any atom is -0.495 e. The lowest BCUT2D eigenvalue weighted by molar-refractivity contribution is 0.102. The smallest absolute Gasteiger partial charge is 0.257 e. The Bertz CT molecular complexity index is 766. The van der Waals surface area contributed by atoms with Crippen molar-refractivity contribution in [3.8, 4) is 11.5 Å². The summed E-state index contributed by atoms with van der Waals surface area (Å²) in [6.45, 7) is 8.13. The van der Waals surface area contributed by atoms with Gasteiger partial charge in [-0.15, -0.1) is 0 Å². The van der Waals surface area contributed by atoms with Gasteiger partial charge in [-0.25, -0.2) is 0 Å². The average Bonchev–Trinajstić information content (AvgIpc) is 2.83. The molecule has 6 heteroatoms. The maximum Gasteiger partial charge on any atom is 0.257 e. The van der Waals surface area contributed by atoms with Crippen molar-refractivity contribution in [2.45, 2.75) is 33.7 Å². The normalized spacial score (nSPS) is 10.8. The molecule has 0 atom stereocenters. The van der Waals surface area contributed by atoms with Gasteiger partial charge in [-0.1, -0.05) is 11.6 Å². The second-order valence-electron chi connectivity index (χ2n) is 5.89. The molecular formula is C18H23ClN2O3. The number of methoxy groups -OCH3 is 2.